The molecule has 10 nitrogen and oxygen atoms in total. The minimum atomic E-state index is -4.17. The van der Waals surface area contributed by atoms with Gasteiger partial charge in [0.2, 0.25) is 21.8 Å². The first-order valence-corrected chi connectivity index (χ1v) is 15.2. The van der Waals surface area contributed by atoms with Crippen LogP contribution in [0.3, 0.4) is 0 Å². The van der Waals surface area contributed by atoms with Gasteiger partial charge in [-0.2, -0.15) is 4.31 Å². The number of carbonyl (C=O) groups excluding carboxylic acids is 2. The van der Waals surface area contributed by atoms with E-state index in [-0.39, 0.29) is 40.2 Å². The van der Waals surface area contributed by atoms with Crippen molar-refractivity contribution in [1.29, 1.82) is 0 Å². The zero-order valence-corrected chi connectivity index (χ0v) is 25.1. The van der Waals surface area contributed by atoms with Crippen molar-refractivity contribution in [2.24, 2.45) is 0 Å². The Balaban J connectivity index is 1.48. The molecule has 1 saturated heterocycles. The van der Waals surface area contributed by atoms with E-state index in [0.29, 0.717) is 29.2 Å². The van der Waals surface area contributed by atoms with E-state index in [1.54, 1.807) is 48.5 Å². The van der Waals surface area contributed by atoms with E-state index in [1.807, 2.05) is 0 Å². The monoisotopic (exact) mass is 633 g/mol. The molecule has 1 unspecified atom stereocenters. The molecule has 13 heteroatoms. The van der Waals surface area contributed by atoms with Crippen molar-refractivity contribution in [3.8, 4) is 11.5 Å². The second-order valence-corrected chi connectivity index (χ2v) is 12.8. The van der Waals surface area contributed by atoms with Gasteiger partial charge in [0.05, 0.1) is 10.6 Å². The van der Waals surface area contributed by atoms with Crippen molar-refractivity contribution in [1.82, 2.24) is 9.62 Å². The number of carboxylic acids is 1. The van der Waals surface area contributed by atoms with E-state index < -0.39 is 33.5 Å². The minimum absolute atomic E-state index is 0.0590. The number of amides is 2. The van der Waals surface area contributed by atoms with Crippen LogP contribution in [-0.2, 0) is 30.8 Å². The van der Waals surface area contributed by atoms with Crippen LogP contribution >= 0.6 is 23.2 Å². The van der Waals surface area contributed by atoms with Gasteiger partial charge in [0, 0.05) is 29.9 Å². The summed E-state index contributed by atoms with van der Waals surface area (Å²) in [6.07, 6.45) is 0.545. The average Bonchev–Trinajstić information content (AvgIpc) is 3.33. The van der Waals surface area contributed by atoms with Crippen molar-refractivity contribution in [2.45, 2.75) is 49.6 Å². The number of ether oxygens (including phenoxy) is 1. The average molecular weight is 635 g/mol. The molecule has 0 radical (unpaired) electrons. The van der Waals surface area contributed by atoms with Gasteiger partial charge < -0.3 is 20.5 Å². The van der Waals surface area contributed by atoms with Gasteiger partial charge in [-0.3, -0.25) is 9.59 Å². The first kappa shape index (κ1) is 31.3. The first-order valence-electron chi connectivity index (χ1n) is 13.0. The molecule has 222 valence electrons. The summed E-state index contributed by atoms with van der Waals surface area (Å²) in [5, 5.41) is 15.4. The maximum Gasteiger partial charge on any atom is 0.326 e. The highest BCUT2D eigenvalue weighted by Gasteiger charge is 2.50. The fourth-order valence-electron chi connectivity index (χ4n) is 4.77. The number of halogens is 2. The Labute approximate surface area is 253 Å². The van der Waals surface area contributed by atoms with E-state index in [1.165, 1.54) is 32.0 Å². The molecule has 3 aromatic carbocycles. The number of benzene rings is 3. The van der Waals surface area contributed by atoms with E-state index >= 15 is 0 Å². The molecular formula is C29H29Cl2N3O7S. The Morgan fingerprint density at radius 2 is 1.69 bits per heavy atom. The molecule has 1 heterocycles. The number of hydrogen-bond donors (Lipinski definition) is 3. The zero-order chi connectivity index (χ0) is 30.7. The molecule has 0 spiro atoms. The number of nitrogens with one attached hydrogen (secondary N) is 2. The molecule has 2 atom stereocenters. The highest BCUT2D eigenvalue weighted by Crippen LogP contribution is 2.36. The van der Waals surface area contributed by atoms with Crippen LogP contribution in [0.15, 0.2) is 71.6 Å². The Bertz CT molecular complexity index is 1600. The summed E-state index contributed by atoms with van der Waals surface area (Å²) in [6.45, 7) is 2.94. The number of para-hydroxylation sites is 2. The van der Waals surface area contributed by atoms with E-state index in [0.717, 1.165) is 4.31 Å². The van der Waals surface area contributed by atoms with Crippen molar-refractivity contribution >= 4 is 56.7 Å². The van der Waals surface area contributed by atoms with Gasteiger partial charge in [-0.25, -0.2) is 13.2 Å². The van der Waals surface area contributed by atoms with Crippen LogP contribution in [0.4, 0.5) is 5.69 Å². The van der Waals surface area contributed by atoms with Crippen LogP contribution in [0, 0.1) is 0 Å². The van der Waals surface area contributed by atoms with Crippen molar-refractivity contribution < 1.29 is 32.6 Å². The second-order valence-electron chi connectivity index (χ2n) is 10.1. The predicted octanol–water partition coefficient (Wildman–Crippen LogP) is 5.10. The number of carbonyl (C=O) groups is 3. The maximum atomic E-state index is 13.5. The Morgan fingerprint density at radius 1 is 1.05 bits per heavy atom. The molecule has 0 bridgehead atoms. The van der Waals surface area contributed by atoms with Gasteiger partial charge in [-0.05, 0) is 67.8 Å². The molecule has 3 N–H and O–H groups in total. The highest BCUT2D eigenvalue weighted by atomic mass is 35.5. The molecule has 1 aliphatic heterocycles. The second kappa shape index (κ2) is 12.7. The SMILES string of the molecule is CC(=O)Nc1ccccc1Oc1ccc(CC(NC(=O)[C@]2(C)CCCN2S(=O)(=O)c2cc(Cl)cc(Cl)c2)C(=O)O)cc1. The van der Waals surface area contributed by atoms with Gasteiger partial charge >= 0.3 is 5.97 Å². The molecule has 1 fully saturated rings. The maximum absolute atomic E-state index is 13.5. The van der Waals surface area contributed by atoms with Gasteiger partial charge in [0.1, 0.15) is 17.3 Å². The van der Waals surface area contributed by atoms with Crippen molar-refractivity contribution in [3.63, 3.8) is 0 Å². The van der Waals surface area contributed by atoms with Crippen molar-refractivity contribution in [3.05, 3.63) is 82.3 Å². The lowest BCUT2D eigenvalue weighted by molar-refractivity contribution is -0.143. The van der Waals surface area contributed by atoms with Gasteiger partial charge in [0.15, 0.2) is 5.75 Å². The van der Waals surface area contributed by atoms with Gasteiger partial charge in [0.25, 0.3) is 0 Å². The fourth-order valence-corrected chi connectivity index (χ4v) is 7.31. The zero-order valence-electron chi connectivity index (χ0n) is 22.8. The van der Waals surface area contributed by atoms with E-state index in [2.05, 4.69) is 10.6 Å². The Morgan fingerprint density at radius 3 is 2.31 bits per heavy atom. The normalized spacial score (nSPS) is 17.8. The van der Waals surface area contributed by atoms with Crippen LogP contribution in [0.25, 0.3) is 0 Å². The molecule has 2 amide bonds. The summed E-state index contributed by atoms with van der Waals surface area (Å²) < 4.78 is 33.9. The Hall–Kier alpha value is -3.64. The lowest BCUT2D eigenvalue weighted by atomic mass is 9.97. The van der Waals surface area contributed by atoms with E-state index in [9.17, 15) is 27.9 Å². The molecule has 1 aliphatic rings. The lowest BCUT2D eigenvalue weighted by Gasteiger charge is -2.34. The molecular weight excluding hydrogens is 605 g/mol. The summed E-state index contributed by atoms with van der Waals surface area (Å²) in [6, 6.07) is 16.1. The van der Waals surface area contributed by atoms with Crippen LogP contribution in [0.2, 0.25) is 10.0 Å². The quantitative estimate of drug-likeness (QED) is 0.282. The standard InChI is InChI=1S/C29H29Cl2N3O7S/c1-18(35)32-24-6-3-4-7-26(24)41-22-10-8-19(9-11-22)14-25(27(36)37)33-28(38)29(2)12-5-13-34(29)42(39,40)23-16-20(30)15-21(31)17-23/h3-4,6-11,15-17,25H,5,12-14H2,1-2H3,(H,32,35)(H,33,38)(H,36,37)/t25?,29-/m0/s1. The third-order valence-corrected chi connectivity index (χ3v) is 9.31. The number of hydrogen-bond acceptors (Lipinski definition) is 6. The van der Waals surface area contributed by atoms with Crippen LogP contribution in [-0.4, -0.2) is 53.7 Å². The summed E-state index contributed by atoms with van der Waals surface area (Å²) in [7, 11) is -4.17. The third-order valence-electron chi connectivity index (χ3n) is 6.88. The number of rotatable bonds is 10. The highest BCUT2D eigenvalue weighted by molar-refractivity contribution is 7.89. The first-order chi connectivity index (χ1) is 19.8. The van der Waals surface area contributed by atoms with Crippen LogP contribution in [0.1, 0.15) is 32.3 Å². The van der Waals surface area contributed by atoms with E-state index in [4.69, 9.17) is 27.9 Å². The molecule has 0 saturated carbocycles. The molecule has 42 heavy (non-hydrogen) atoms. The number of sulfonamides is 1. The summed E-state index contributed by atoms with van der Waals surface area (Å²) in [5.41, 5.74) is -0.433. The smallest absolute Gasteiger partial charge is 0.326 e. The summed E-state index contributed by atoms with van der Waals surface area (Å²) in [4.78, 5) is 36.9. The summed E-state index contributed by atoms with van der Waals surface area (Å²) in [5.74, 6) is -1.36. The molecule has 0 aromatic heterocycles. The molecule has 0 aliphatic carbocycles. The topological polar surface area (TPSA) is 142 Å². The summed E-state index contributed by atoms with van der Waals surface area (Å²) >= 11 is 12.0. The molecule has 4 rings (SSSR count). The molecule has 3 aromatic rings. The number of aliphatic carboxylic acids is 1. The Kier molecular flexibility index (Phi) is 9.47. The minimum Gasteiger partial charge on any atom is -0.480 e. The number of anilines is 1. The van der Waals surface area contributed by atoms with Gasteiger partial charge in [-0.1, -0.05) is 47.5 Å². The third kappa shape index (κ3) is 7.04. The number of nitrogens with zero attached hydrogens (tertiary/aromatic N) is 1. The van der Waals surface area contributed by atoms with Crippen molar-refractivity contribution in [2.75, 3.05) is 11.9 Å². The largest absolute Gasteiger partial charge is 0.480 e. The van der Waals surface area contributed by atoms with Crippen LogP contribution in [0.5, 0.6) is 11.5 Å². The fraction of sp³-hybridized carbons (Fsp3) is 0.276. The lowest BCUT2D eigenvalue weighted by Crippen LogP contribution is -2.58. The number of carboxylic acid groups (broad SMARTS) is 1. The van der Waals surface area contributed by atoms with Crippen LogP contribution < -0.4 is 15.4 Å². The van der Waals surface area contributed by atoms with Gasteiger partial charge in [-0.15, -0.1) is 0 Å². The predicted molar refractivity (Wildman–Crippen MR) is 159 cm³/mol.